The molecule has 0 aliphatic carbocycles. The summed E-state index contributed by atoms with van der Waals surface area (Å²) >= 11 is 8.26. The van der Waals surface area contributed by atoms with Crippen molar-refractivity contribution >= 4 is 50.7 Å². The molecule has 3 aromatic rings. The van der Waals surface area contributed by atoms with Gasteiger partial charge in [0.1, 0.15) is 0 Å². The van der Waals surface area contributed by atoms with Gasteiger partial charge in [-0.15, -0.1) is 0 Å². The molecule has 4 heteroatoms. The Morgan fingerprint density at radius 1 is 1.15 bits per heavy atom. The van der Waals surface area contributed by atoms with E-state index in [0.717, 1.165) is 26.2 Å². The van der Waals surface area contributed by atoms with E-state index in [0.29, 0.717) is 0 Å². The number of rotatable bonds is 3. The van der Waals surface area contributed by atoms with Crippen molar-refractivity contribution < 1.29 is 0 Å². The average molecular weight is 395 g/mol. The Hall–Kier alpha value is -1.33. The highest BCUT2D eigenvalue weighted by molar-refractivity contribution is 14.1. The molecule has 0 saturated heterocycles. The molecule has 0 saturated carbocycles. The van der Waals surface area contributed by atoms with Gasteiger partial charge in [0.15, 0.2) is 0 Å². The SMILES string of the molecule is Clc1ccc(NCc2cccc3cnccc23)c(I)c1. The zero-order chi connectivity index (χ0) is 13.9. The molecule has 0 radical (unpaired) electrons. The van der Waals surface area contributed by atoms with Crippen LogP contribution in [0.1, 0.15) is 5.56 Å². The maximum absolute atomic E-state index is 5.97. The Kier molecular flexibility index (Phi) is 4.08. The molecule has 0 unspecified atom stereocenters. The highest BCUT2D eigenvalue weighted by atomic mass is 127. The fraction of sp³-hybridized carbons (Fsp3) is 0.0625. The fourth-order valence-electron chi connectivity index (χ4n) is 2.17. The Balaban J connectivity index is 1.87. The zero-order valence-electron chi connectivity index (χ0n) is 10.6. The normalized spacial score (nSPS) is 10.7. The minimum Gasteiger partial charge on any atom is -0.380 e. The second kappa shape index (κ2) is 5.97. The summed E-state index contributed by atoms with van der Waals surface area (Å²) in [5, 5.41) is 6.62. The van der Waals surface area contributed by atoms with E-state index < -0.39 is 0 Å². The number of aromatic nitrogens is 1. The lowest BCUT2D eigenvalue weighted by molar-refractivity contribution is 1.16. The third-order valence-corrected chi connectivity index (χ3v) is 4.30. The molecule has 0 aliphatic rings. The Morgan fingerprint density at radius 3 is 2.90 bits per heavy atom. The fourth-order valence-corrected chi connectivity index (χ4v) is 3.23. The van der Waals surface area contributed by atoms with Gasteiger partial charge in [0, 0.05) is 38.6 Å². The van der Waals surface area contributed by atoms with Gasteiger partial charge in [-0.25, -0.2) is 0 Å². The van der Waals surface area contributed by atoms with Crippen molar-refractivity contribution in [1.82, 2.24) is 4.98 Å². The molecular formula is C16H12ClIN2. The van der Waals surface area contributed by atoms with Crippen LogP contribution in [0.5, 0.6) is 0 Å². The van der Waals surface area contributed by atoms with Crippen LogP contribution in [0.3, 0.4) is 0 Å². The molecule has 1 heterocycles. The van der Waals surface area contributed by atoms with Gasteiger partial charge >= 0.3 is 0 Å². The van der Waals surface area contributed by atoms with Crippen LogP contribution in [0.4, 0.5) is 5.69 Å². The number of anilines is 1. The van der Waals surface area contributed by atoms with Crippen LogP contribution in [0.25, 0.3) is 10.8 Å². The van der Waals surface area contributed by atoms with Gasteiger partial charge in [0.05, 0.1) is 0 Å². The first-order chi connectivity index (χ1) is 9.74. The molecule has 100 valence electrons. The number of benzene rings is 2. The number of fused-ring (bicyclic) bond motifs is 1. The number of hydrogen-bond donors (Lipinski definition) is 1. The van der Waals surface area contributed by atoms with E-state index in [2.05, 4.69) is 57.2 Å². The van der Waals surface area contributed by atoms with E-state index >= 15 is 0 Å². The Bertz CT molecular complexity index is 753. The van der Waals surface area contributed by atoms with Crippen LogP contribution in [-0.2, 0) is 6.54 Å². The van der Waals surface area contributed by atoms with Crippen LogP contribution in [0, 0.1) is 3.57 Å². The molecular weight excluding hydrogens is 383 g/mol. The number of nitrogens with zero attached hydrogens (tertiary/aromatic N) is 1. The third kappa shape index (κ3) is 2.88. The molecule has 0 atom stereocenters. The largest absolute Gasteiger partial charge is 0.380 e. The molecule has 0 spiro atoms. The molecule has 20 heavy (non-hydrogen) atoms. The second-order valence-electron chi connectivity index (χ2n) is 4.49. The summed E-state index contributed by atoms with van der Waals surface area (Å²) in [6.07, 6.45) is 3.72. The highest BCUT2D eigenvalue weighted by Crippen LogP contribution is 2.24. The predicted molar refractivity (Wildman–Crippen MR) is 93.2 cm³/mol. The molecule has 2 aromatic carbocycles. The molecule has 1 N–H and O–H groups in total. The van der Waals surface area contributed by atoms with Crippen LogP contribution in [-0.4, -0.2) is 4.98 Å². The van der Waals surface area contributed by atoms with E-state index in [1.54, 1.807) is 0 Å². The first kappa shape index (κ1) is 13.6. The lowest BCUT2D eigenvalue weighted by atomic mass is 10.1. The summed E-state index contributed by atoms with van der Waals surface area (Å²) in [6.45, 7) is 0.777. The highest BCUT2D eigenvalue weighted by Gasteiger charge is 2.03. The van der Waals surface area contributed by atoms with Crippen molar-refractivity contribution in [1.29, 1.82) is 0 Å². The van der Waals surface area contributed by atoms with Crippen molar-refractivity contribution in [2.24, 2.45) is 0 Å². The van der Waals surface area contributed by atoms with E-state index in [4.69, 9.17) is 11.6 Å². The Labute approximate surface area is 136 Å². The minimum atomic E-state index is 0.760. The van der Waals surface area contributed by atoms with E-state index in [-0.39, 0.29) is 0 Å². The van der Waals surface area contributed by atoms with Crippen LogP contribution in [0.2, 0.25) is 5.02 Å². The number of hydrogen-bond acceptors (Lipinski definition) is 2. The van der Waals surface area contributed by atoms with E-state index in [1.165, 1.54) is 10.9 Å². The summed E-state index contributed by atoms with van der Waals surface area (Å²) in [5.41, 5.74) is 2.36. The molecule has 3 rings (SSSR count). The Morgan fingerprint density at radius 2 is 2.05 bits per heavy atom. The molecule has 0 fully saturated rings. The number of pyridine rings is 1. The number of halogens is 2. The quantitative estimate of drug-likeness (QED) is 0.625. The minimum absolute atomic E-state index is 0.760. The monoisotopic (exact) mass is 394 g/mol. The average Bonchev–Trinajstić information content (AvgIpc) is 2.46. The summed E-state index contributed by atoms with van der Waals surface area (Å²) in [4.78, 5) is 4.16. The standard InChI is InChI=1S/C16H12ClIN2/c17-13-4-5-16(15(18)8-13)20-10-12-3-1-2-11-9-19-7-6-14(11)12/h1-9,20H,10H2. The lowest BCUT2D eigenvalue weighted by Crippen LogP contribution is -2.01. The van der Waals surface area contributed by atoms with Gasteiger partial charge in [-0.2, -0.15) is 0 Å². The van der Waals surface area contributed by atoms with Gasteiger partial charge in [-0.1, -0.05) is 29.8 Å². The zero-order valence-corrected chi connectivity index (χ0v) is 13.5. The van der Waals surface area contributed by atoms with Crippen molar-refractivity contribution in [3.05, 3.63) is 69.0 Å². The molecule has 0 bridgehead atoms. The van der Waals surface area contributed by atoms with Crippen LogP contribution >= 0.6 is 34.2 Å². The van der Waals surface area contributed by atoms with Crippen molar-refractivity contribution in [2.45, 2.75) is 6.54 Å². The summed E-state index contributed by atoms with van der Waals surface area (Å²) in [7, 11) is 0. The van der Waals surface area contributed by atoms with Crippen molar-refractivity contribution in [3.63, 3.8) is 0 Å². The molecule has 2 nitrogen and oxygen atoms in total. The maximum Gasteiger partial charge on any atom is 0.0479 e. The first-order valence-electron chi connectivity index (χ1n) is 6.24. The van der Waals surface area contributed by atoms with Gasteiger partial charge in [-0.05, 0) is 57.8 Å². The first-order valence-corrected chi connectivity index (χ1v) is 7.70. The second-order valence-corrected chi connectivity index (χ2v) is 6.09. The van der Waals surface area contributed by atoms with Gasteiger partial charge in [-0.3, -0.25) is 4.98 Å². The maximum atomic E-state index is 5.97. The summed E-state index contributed by atoms with van der Waals surface area (Å²) in [6, 6.07) is 14.2. The topological polar surface area (TPSA) is 24.9 Å². The van der Waals surface area contributed by atoms with Crippen LogP contribution < -0.4 is 5.32 Å². The number of nitrogens with one attached hydrogen (secondary N) is 1. The lowest BCUT2D eigenvalue weighted by Gasteiger charge is -2.11. The van der Waals surface area contributed by atoms with Gasteiger partial charge in [0.25, 0.3) is 0 Å². The molecule has 0 aliphatic heterocycles. The molecule has 1 aromatic heterocycles. The predicted octanol–water partition coefficient (Wildman–Crippen LogP) is 5.10. The summed E-state index contributed by atoms with van der Waals surface area (Å²) in [5.74, 6) is 0. The smallest absolute Gasteiger partial charge is 0.0479 e. The van der Waals surface area contributed by atoms with Crippen molar-refractivity contribution in [2.75, 3.05) is 5.32 Å². The van der Waals surface area contributed by atoms with E-state index in [1.807, 2.05) is 30.6 Å². The van der Waals surface area contributed by atoms with Crippen LogP contribution in [0.15, 0.2) is 54.9 Å². The molecule has 0 amide bonds. The van der Waals surface area contributed by atoms with E-state index in [9.17, 15) is 0 Å². The van der Waals surface area contributed by atoms with Gasteiger partial charge < -0.3 is 5.32 Å². The van der Waals surface area contributed by atoms with Gasteiger partial charge in [0.2, 0.25) is 0 Å². The van der Waals surface area contributed by atoms with Crippen molar-refractivity contribution in [3.8, 4) is 0 Å². The summed E-state index contributed by atoms with van der Waals surface area (Å²) < 4.78 is 1.12. The third-order valence-electron chi connectivity index (χ3n) is 3.17.